The lowest BCUT2D eigenvalue weighted by Crippen LogP contribution is -2.25. The lowest BCUT2D eigenvalue weighted by Gasteiger charge is -2.06. The van der Waals surface area contributed by atoms with Crippen molar-refractivity contribution >= 4 is 17.1 Å². The van der Waals surface area contributed by atoms with Crippen LogP contribution in [0.5, 0.6) is 0 Å². The van der Waals surface area contributed by atoms with Crippen molar-refractivity contribution < 1.29 is 9.65 Å². The molecule has 0 unspecified atom stereocenters. The van der Waals surface area contributed by atoms with Gasteiger partial charge in [0, 0.05) is 5.69 Å². The SMILES string of the molecule is Cc1ccc(Nc2c[n+]([O-])ccc2[N+](=O)[O-])cc1. The molecule has 6 heteroatoms. The van der Waals surface area contributed by atoms with Crippen molar-refractivity contribution in [3.05, 3.63) is 63.6 Å². The smallest absolute Gasteiger partial charge is 0.304 e. The molecule has 18 heavy (non-hydrogen) atoms. The number of nitro groups is 1. The zero-order valence-electron chi connectivity index (χ0n) is 9.66. The molecule has 0 bridgehead atoms. The average Bonchev–Trinajstić information content (AvgIpc) is 2.32. The highest BCUT2D eigenvalue weighted by Crippen LogP contribution is 2.25. The summed E-state index contributed by atoms with van der Waals surface area (Å²) < 4.78 is 0.517. The molecule has 6 nitrogen and oxygen atoms in total. The third-order valence-corrected chi connectivity index (χ3v) is 2.44. The van der Waals surface area contributed by atoms with Crippen LogP contribution in [-0.2, 0) is 0 Å². The topological polar surface area (TPSA) is 82.1 Å². The summed E-state index contributed by atoms with van der Waals surface area (Å²) in [5.41, 5.74) is 1.81. The van der Waals surface area contributed by atoms with Crippen LogP contribution in [0.3, 0.4) is 0 Å². The summed E-state index contributed by atoms with van der Waals surface area (Å²) in [6.07, 6.45) is 2.23. The van der Waals surface area contributed by atoms with Crippen molar-refractivity contribution in [2.75, 3.05) is 5.32 Å². The van der Waals surface area contributed by atoms with Gasteiger partial charge in [-0.25, -0.2) is 0 Å². The van der Waals surface area contributed by atoms with E-state index in [1.807, 2.05) is 19.1 Å². The van der Waals surface area contributed by atoms with Gasteiger partial charge in [-0.1, -0.05) is 17.7 Å². The molecule has 1 heterocycles. The van der Waals surface area contributed by atoms with E-state index in [9.17, 15) is 15.3 Å². The summed E-state index contributed by atoms with van der Waals surface area (Å²) in [5.74, 6) is 0. The third-order valence-electron chi connectivity index (χ3n) is 2.44. The van der Waals surface area contributed by atoms with Gasteiger partial charge in [-0.3, -0.25) is 10.1 Å². The first kappa shape index (κ1) is 11.8. The van der Waals surface area contributed by atoms with Crippen LogP contribution >= 0.6 is 0 Å². The van der Waals surface area contributed by atoms with E-state index < -0.39 is 4.92 Å². The van der Waals surface area contributed by atoms with Gasteiger partial charge in [-0.2, -0.15) is 4.73 Å². The van der Waals surface area contributed by atoms with Crippen molar-refractivity contribution in [1.29, 1.82) is 0 Å². The lowest BCUT2D eigenvalue weighted by atomic mass is 10.2. The van der Waals surface area contributed by atoms with Gasteiger partial charge < -0.3 is 10.5 Å². The molecule has 0 atom stereocenters. The number of pyridine rings is 1. The van der Waals surface area contributed by atoms with E-state index in [1.54, 1.807) is 12.1 Å². The minimum atomic E-state index is -0.531. The van der Waals surface area contributed by atoms with Gasteiger partial charge in [-0.05, 0) is 19.1 Å². The van der Waals surface area contributed by atoms with Gasteiger partial charge in [0.2, 0.25) is 6.20 Å². The van der Waals surface area contributed by atoms with Crippen molar-refractivity contribution in [1.82, 2.24) is 0 Å². The highest BCUT2D eigenvalue weighted by Gasteiger charge is 2.16. The zero-order chi connectivity index (χ0) is 13.1. The fourth-order valence-corrected chi connectivity index (χ4v) is 1.52. The normalized spacial score (nSPS) is 10.1. The summed E-state index contributed by atoms with van der Waals surface area (Å²) in [6, 6.07) is 8.51. The molecule has 0 amide bonds. The number of nitrogens with zero attached hydrogens (tertiary/aromatic N) is 2. The molecule has 2 rings (SSSR count). The van der Waals surface area contributed by atoms with E-state index >= 15 is 0 Å². The van der Waals surface area contributed by atoms with Gasteiger partial charge in [0.05, 0.1) is 11.0 Å². The Balaban J connectivity index is 2.35. The van der Waals surface area contributed by atoms with Crippen LogP contribution in [0.2, 0.25) is 0 Å². The lowest BCUT2D eigenvalue weighted by molar-refractivity contribution is -0.605. The first-order chi connectivity index (χ1) is 8.56. The second kappa shape index (κ2) is 4.70. The van der Waals surface area contributed by atoms with E-state index in [1.165, 1.54) is 6.07 Å². The van der Waals surface area contributed by atoms with Crippen LogP contribution in [0.15, 0.2) is 42.7 Å². The maximum absolute atomic E-state index is 11.2. The molecule has 0 spiro atoms. The van der Waals surface area contributed by atoms with Gasteiger partial charge in [0.25, 0.3) is 0 Å². The molecule has 1 aromatic carbocycles. The maximum Gasteiger partial charge on any atom is 0.304 e. The number of aromatic nitrogens is 1. The summed E-state index contributed by atoms with van der Waals surface area (Å²) in [4.78, 5) is 10.3. The van der Waals surface area contributed by atoms with E-state index in [0.29, 0.717) is 10.4 Å². The number of hydrogen-bond acceptors (Lipinski definition) is 4. The molecule has 0 aliphatic rings. The fourth-order valence-electron chi connectivity index (χ4n) is 1.52. The van der Waals surface area contributed by atoms with Crippen LogP contribution in [0.4, 0.5) is 17.1 Å². The van der Waals surface area contributed by atoms with Gasteiger partial charge >= 0.3 is 5.69 Å². The predicted octanol–water partition coefficient (Wildman–Crippen LogP) is 2.28. The number of rotatable bonds is 3. The standard InChI is InChI=1S/C12H11N3O3/c1-9-2-4-10(5-3-9)13-11-8-14(16)7-6-12(11)15(17)18/h2-8,13H,1H3. The van der Waals surface area contributed by atoms with Gasteiger partial charge in [0.1, 0.15) is 0 Å². The summed E-state index contributed by atoms with van der Waals surface area (Å²) in [5, 5.41) is 24.9. The van der Waals surface area contributed by atoms with Crippen LogP contribution < -0.4 is 10.0 Å². The highest BCUT2D eigenvalue weighted by atomic mass is 16.6. The predicted molar refractivity (Wildman–Crippen MR) is 66.5 cm³/mol. The van der Waals surface area contributed by atoms with Crippen LogP contribution in [0.1, 0.15) is 5.56 Å². The molecular weight excluding hydrogens is 234 g/mol. The Morgan fingerprint density at radius 2 is 1.89 bits per heavy atom. The van der Waals surface area contributed by atoms with Crippen molar-refractivity contribution in [2.45, 2.75) is 6.92 Å². The minimum absolute atomic E-state index is 0.136. The summed E-state index contributed by atoms with van der Waals surface area (Å²) in [7, 11) is 0. The van der Waals surface area contributed by atoms with Crippen LogP contribution in [0, 0.1) is 22.2 Å². The molecule has 0 saturated heterocycles. The maximum atomic E-state index is 11.2. The molecule has 0 aliphatic carbocycles. The number of nitrogens with one attached hydrogen (secondary N) is 1. The quantitative estimate of drug-likeness (QED) is 0.389. The molecular formula is C12H11N3O3. The van der Waals surface area contributed by atoms with E-state index in [-0.39, 0.29) is 11.4 Å². The minimum Gasteiger partial charge on any atom is -0.619 e. The van der Waals surface area contributed by atoms with Crippen LogP contribution in [-0.4, -0.2) is 4.92 Å². The Kier molecular flexibility index (Phi) is 3.09. The molecule has 0 radical (unpaired) electrons. The van der Waals surface area contributed by atoms with E-state index in [0.717, 1.165) is 18.0 Å². The Morgan fingerprint density at radius 3 is 2.50 bits per heavy atom. The first-order valence-corrected chi connectivity index (χ1v) is 5.27. The Bertz CT molecular complexity index is 582. The first-order valence-electron chi connectivity index (χ1n) is 5.27. The largest absolute Gasteiger partial charge is 0.619 e. The second-order valence-electron chi connectivity index (χ2n) is 3.85. The second-order valence-corrected chi connectivity index (χ2v) is 3.85. The third kappa shape index (κ3) is 2.54. The Hall–Kier alpha value is -2.63. The van der Waals surface area contributed by atoms with Gasteiger partial charge in [-0.15, -0.1) is 0 Å². The molecule has 2 aromatic rings. The molecule has 0 saturated carbocycles. The summed E-state index contributed by atoms with van der Waals surface area (Å²) >= 11 is 0. The van der Waals surface area contributed by atoms with Crippen molar-refractivity contribution in [2.24, 2.45) is 0 Å². The monoisotopic (exact) mass is 245 g/mol. The van der Waals surface area contributed by atoms with Gasteiger partial charge in [0.15, 0.2) is 11.9 Å². The number of benzene rings is 1. The average molecular weight is 245 g/mol. The molecule has 1 N–H and O–H groups in total. The van der Waals surface area contributed by atoms with E-state index in [4.69, 9.17) is 0 Å². The Morgan fingerprint density at radius 1 is 1.22 bits per heavy atom. The fraction of sp³-hybridized carbons (Fsp3) is 0.0833. The summed E-state index contributed by atoms with van der Waals surface area (Å²) in [6.45, 7) is 1.94. The molecule has 0 aliphatic heterocycles. The molecule has 92 valence electrons. The van der Waals surface area contributed by atoms with Crippen LogP contribution in [0.25, 0.3) is 0 Å². The highest BCUT2D eigenvalue weighted by molar-refractivity contribution is 5.67. The molecule has 0 fully saturated rings. The number of hydrogen-bond donors (Lipinski definition) is 1. The van der Waals surface area contributed by atoms with Crippen molar-refractivity contribution in [3.63, 3.8) is 0 Å². The van der Waals surface area contributed by atoms with E-state index in [2.05, 4.69) is 5.32 Å². The van der Waals surface area contributed by atoms with Crippen molar-refractivity contribution in [3.8, 4) is 0 Å². The number of anilines is 2. The zero-order valence-corrected chi connectivity index (χ0v) is 9.66. The molecule has 1 aromatic heterocycles. The Labute approximate surface area is 103 Å². The number of aryl methyl sites for hydroxylation is 1.